The van der Waals surface area contributed by atoms with Gasteiger partial charge in [0.25, 0.3) is 0 Å². The van der Waals surface area contributed by atoms with Crippen LogP contribution in [0.4, 0.5) is 10.2 Å². The Labute approximate surface area is 244 Å². The first-order valence-corrected chi connectivity index (χ1v) is 16.2. The maximum Gasteiger partial charge on any atom is 0.350 e. The van der Waals surface area contributed by atoms with Gasteiger partial charge in [0.05, 0.1) is 25.1 Å². The van der Waals surface area contributed by atoms with Crippen LogP contribution < -0.4 is 21.6 Å². The van der Waals surface area contributed by atoms with Crippen molar-refractivity contribution in [3.05, 3.63) is 22.7 Å². The number of hydrogen-bond acceptors (Lipinski definition) is 11. The van der Waals surface area contributed by atoms with E-state index in [1.54, 1.807) is 13.8 Å². The fraction of sp³-hybridized carbons (Fsp3) is 0.760. The summed E-state index contributed by atoms with van der Waals surface area (Å²) >= 11 is 0.901. The van der Waals surface area contributed by atoms with E-state index in [0.29, 0.717) is 0 Å². The van der Waals surface area contributed by atoms with Crippen LogP contribution >= 0.6 is 19.4 Å². The molecule has 0 amide bonds. The van der Waals surface area contributed by atoms with E-state index in [9.17, 15) is 24.1 Å². The van der Waals surface area contributed by atoms with Crippen LogP contribution in [0.2, 0.25) is 0 Å². The number of nitrogens with zero attached hydrogens (tertiary/aromatic N) is 2. The Bertz CT molecular complexity index is 1090. The maximum absolute atomic E-state index is 15.1. The molecule has 41 heavy (non-hydrogen) atoms. The molecule has 13 nitrogen and oxygen atoms in total. The number of aromatic nitrogens is 2. The van der Waals surface area contributed by atoms with Gasteiger partial charge in [-0.3, -0.25) is 18.7 Å². The summed E-state index contributed by atoms with van der Waals surface area (Å²) < 4.78 is 46.5. The van der Waals surface area contributed by atoms with E-state index in [1.807, 2.05) is 27.7 Å². The number of carbonyl (C=O) groups is 2. The van der Waals surface area contributed by atoms with Gasteiger partial charge in [-0.1, -0.05) is 27.7 Å². The fourth-order valence-electron chi connectivity index (χ4n) is 4.22. The molecule has 16 heteroatoms. The van der Waals surface area contributed by atoms with Gasteiger partial charge in [-0.15, -0.1) is 11.8 Å². The lowest BCUT2D eigenvalue weighted by atomic mass is 10.1. The third-order valence-corrected chi connectivity index (χ3v) is 9.39. The molecule has 0 radical (unpaired) electrons. The first-order valence-electron chi connectivity index (χ1n) is 13.7. The number of aliphatic hydroxyl groups is 1. The molecule has 0 bridgehead atoms. The Morgan fingerprint density at radius 3 is 2.07 bits per heavy atom. The van der Waals surface area contributed by atoms with Crippen LogP contribution in [-0.4, -0.2) is 76.0 Å². The van der Waals surface area contributed by atoms with E-state index in [0.717, 1.165) is 16.3 Å². The summed E-state index contributed by atoms with van der Waals surface area (Å²) in [5.74, 6) is -1.35. The van der Waals surface area contributed by atoms with Gasteiger partial charge in [0.1, 0.15) is 29.4 Å². The SMILES string of the molecule is CCOC(=O)[C@H](CC(C)C)NP(=O)(N[C@@H](CC(C)C)C(=O)OCC)OC[C@H]1S[C@@H](n2ccc(N)nc2=O)[C@@H](F)[C@@H]1O. The standard InChI is InChI=1S/C25H43FN5O8PS/c1-7-37-23(33)16(11-14(3)4)29-40(36,30-17(12-15(5)6)24(34)38-8-2)39-13-18-21(32)20(26)22(41-18)31-10-9-19(27)28-25(31)35/h9-10,14-18,20-22,32H,7-8,11-13H2,1-6H3,(H2,27,28,35)(H2,29,30,36)/t16-,17-,18+,20-,21+,22+/m0/s1. The number of thioether (sulfide) groups is 1. The number of hydrogen-bond donors (Lipinski definition) is 4. The lowest BCUT2D eigenvalue weighted by Gasteiger charge is -2.30. The summed E-state index contributed by atoms with van der Waals surface area (Å²) in [5, 5.41) is 14.0. The number of rotatable bonds is 16. The Morgan fingerprint density at radius 2 is 1.63 bits per heavy atom. The number of anilines is 1. The van der Waals surface area contributed by atoms with E-state index in [2.05, 4.69) is 15.2 Å². The molecule has 1 aliphatic heterocycles. The molecule has 1 aromatic rings. The smallest absolute Gasteiger partial charge is 0.350 e. The minimum atomic E-state index is -4.25. The summed E-state index contributed by atoms with van der Waals surface area (Å²) in [5.41, 5.74) is 4.74. The van der Waals surface area contributed by atoms with Crippen LogP contribution in [0.15, 0.2) is 17.1 Å². The van der Waals surface area contributed by atoms with Gasteiger partial charge in [-0.2, -0.15) is 4.98 Å². The van der Waals surface area contributed by atoms with Crippen LogP contribution in [0.5, 0.6) is 0 Å². The van der Waals surface area contributed by atoms with Crippen molar-refractivity contribution in [2.75, 3.05) is 25.6 Å². The highest BCUT2D eigenvalue weighted by Gasteiger charge is 2.47. The normalized spacial score (nSPS) is 22.6. The van der Waals surface area contributed by atoms with Crippen LogP contribution in [0, 0.1) is 11.8 Å². The molecule has 0 spiro atoms. The number of nitrogens with two attached hydrogens (primary N) is 1. The highest BCUT2D eigenvalue weighted by molar-refractivity contribution is 8.00. The number of nitrogens with one attached hydrogen (secondary N) is 2. The van der Waals surface area contributed by atoms with E-state index in [-0.39, 0.29) is 43.7 Å². The molecule has 234 valence electrons. The van der Waals surface area contributed by atoms with Crippen molar-refractivity contribution in [3.8, 4) is 0 Å². The quantitative estimate of drug-likeness (QED) is 0.156. The molecule has 1 saturated heterocycles. The van der Waals surface area contributed by atoms with Gasteiger partial charge in [-0.05, 0) is 44.6 Å². The van der Waals surface area contributed by atoms with Crippen molar-refractivity contribution in [3.63, 3.8) is 0 Å². The van der Waals surface area contributed by atoms with Gasteiger partial charge < -0.3 is 24.8 Å². The highest BCUT2D eigenvalue weighted by atomic mass is 32.2. The van der Waals surface area contributed by atoms with E-state index in [1.165, 1.54) is 12.3 Å². The summed E-state index contributed by atoms with van der Waals surface area (Å²) in [6.07, 6.45) is -1.70. The number of esters is 2. The predicted octanol–water partition coefficient (Wildman–Crippen LogP) is 2.40. The second-order valence-electron chi connectivity index (χ2n) is 10.5. The number of aliphatic hydroxyl groups excluding tert-OH is 1. The van der Waals surface area contributed by atoms with Gasteiger partial charge in [0.15, 0.2) is 6.17 Å². The summed E-state index contributed by atoms with van der Waals surface area (Å²) in [7, 11) is -4.25. The average molecular weight is 624 g/mol. The van der Waals surface area contributed by atoms with Crippen LogP contribution in [0.25, 0.3) is 0 Å². The van der Waals surface area contributed by atoms with Crippen molar-refractivity contribution in [1.82, 2.24) is 19.7 Å². The zero-order valence-electron chi connectivity index (χ0n) is 24.3. The molecule has 0 unspecified atom stereocenters. The molecule has 0 aliphatic carbocycles. The first-order chi connectivity index (χ1) is 19.2. The molecule has 1 aromatic heterocycles. The predicted molar refractivity (Wildman–Crippen MR) is 154 cm³/mol. The number of halogens is 1. The van der Waals surface area contributed by atoms with E-state index in [4.69, 9.17) is 19.7 Å². The zero-order chi connectivity index (χ0) is 30.9. The molecule has 1 fully saturated rings. The van der Waals surface area contributed by atoms with Crippen molar-refractivity contribution >= 4 is 37.2 Å². The van der Waals surface area contributed by atoms with Crippen molar-refractivity contribution in [1.29, 1.82) is 0 Å². The number of carbonyl (C=O) groups excluding carboxylic acids is 2. The van der Waals surface area contributed by atoms with Crippen molar-refractivity contribution < 1.29 is 37.6 Å². The lowest BCUT2D eigenvalue weighted by molar-refractivity contribution is -0.146. The van der Waals surface area contributed by atoms with Crippen molar-refractivity contribution in [2.24, 2.45) is 11.8 Å². The second-order valence-corrected chi connectivity index (χ2v) is 13.8. The molecule has 0 saturated carbocycles. The van der Waals surface area contributed by atoms with Crippen LogP contribution in [0.1, 0.15) is 59.8 Å². The molecule has 0 aromatic carbocycles. The average Bonchev–Trinajstić information content (AvgIpc) is 3.15. The van der Waals surface area contributed by atoms with Crippen molar-refractivity contribution in [2.45, 2.75) is 89.4 Å². The number of ether oxygens (including phenoxy) is 2. The molecule has 6 atom stereocenters. The summed E-state index contributed by atoms with van der Waals surface area (Å²) in [6.45, 7) is 10.5. The molecule has 1 aliphatic rings. The molecular formula is C25H43FN5O8PS. The number of alkyl halides is 1. The monoisotopic (exact) mass is 623 g/mol. The molecule has 2 heterocycles. The Hall–Kier alpha value is -2.03. The minimum absolute atomic E-state index is 0.00559. The molecule has 2 rings (SSSR count). The van der Waals surface area contributed by atoms with Crippen LogP contribution in [0.3, 0.4) is 0 Å². The highest BCUT2D eigenvalue weighted by Crippen LogP contribution is 2.47. The zero-order valence-corrected chi connectivity index (χ0v) is 26.0. The van der Waals surface area contributed by atoms with Gasteiger partial charge in [0.2, 0.25) is 0 Å². The summed E-state index contributed by atoms with van der Waals surface area (Å²) in [6, 6.07) is -0.781. The van der Waals surface area contributed by atoms with E-state index >= 15 is 4.39 Å². The molecule has 5 N–H and O–H groups in total. The number of nitrogen functional groups attached to an aromatic ring is 1. The third-order valence-electron chi connectivity index (χ3n) is 6.05. The fourth-order valence-corrected chi connectivity index (χ4v) is 7.57. The Kier molecular flexibility index (Phi) is 13.7. The maximum atomic E-state index is 15.1. The minimum Gasteiger partial charge on any atom is -0.465 e. The Morgan fingerprint density at radius 1 is 1.12 bits per heavy atom. The van der Waals surface area contributed by atoms with Gasteiger partial charge >= 0.3 is 25.3 Å². The first kappa shape index (κ1) is 35.2. The lowest BCUT2D eigenvalue weighted by Crippen LogP contribution is -2.46. The van der Waals surface area contributed by atoms with Gasteiger partial charge in [-0.25, -0.2) is 19.4 Å². The van der Waals surface area contributed by atoms with E-state index < -0.39 is 66.9 Å². The third kappa shape index (κ3) is 10.3. The molecular weight excluding hydrogens is 580 g/mol. The summed E-state index contributed by atoms with van der Waals surface area (Å²) in [4.78, 5) is 41.4. The van der Waals surface area contributed by atoms with Crippen LogP contribution in [-0.2, 0) is 28.2 Å². The Balaban J connectivity index is 2.35. The second kappa shape index (κ2) is 16.0. The largest absolute Gasteiger partial charge is 0.465 e. The topological polar surface area (TPSA) is 184 Å². The van der Waals surface area contributed by atoms with Gasteiger partial charge in [0, 0.05) is 6.20 Å².